The van der Waals surface area contributed by atoms with Crippen molar-refractivity contribution < 1.29 is 38.4 Å². The zero-order chi connectivity index (χ0) is 29.7. The van der Waals surface area contributed by atoms with Crippen molar-refractivity contribution in [3.8, 4) is 28.7 Å². The van der Waals surface area contributed by atoms with Gasteiger partial charge in [-0.15, -0.1) is 12.4 Å². The Kier molecular flexibility index (Phi) is 8.75. The number of nitrogens with zero attached hydrogens (tertiary/aromatic N) is 2. The van der Waals surface area contributed by atoms with Crippen LogP contribution in [0.4, 0.5) is 0 Å². The number of methoxy groups -OCH3 is 2. The molecular weight excluding hydrogens is 588 g/mol. The molecule has 44 heavy (non-hydrogen) atoms. The molecule has 0 spiro atoms. The molecule has 1 aliphatic carbocycles. The molecule has 5 aliphatic rings. The molecule has 2 aromatic rings. The SMILES string of the molecule is COc1cc([C@@H]2c3cc4c(cc3[C@@H](CC(=O)N3CCC(N5CCCCC5)CC3)C3COC(=O)[C@@H]32)OCO4)cc(OC)c1O.Cl. The Morgan fingerprint density at radius 2 is 1.55 bits per heavy atom. The van der Waals surface area contributed by atoms with Gasteiger partial charge in [-0.3, -0.25) is 9.59 Å². The Labute approximate surface area is 263 Å². The number of fused-ring (bicyclic) bond motifs is 3. The summed E-state index contributed by atoms with van der Waals surface area (Å²) in [4.78, 5) is 32.0. The molecule has 2 aromatic carbocycles. The summed E-state index contributed by atoms with van der Waals surface area (Å²) in [5.41, 5.74) is 2.61. The third-order valence-electron chi connectivity index (χ3n) is 10.3. The first-order chi connectivity index (χ1) is 21.0. The van der Waals surface area contributed by atoms with E-state index in [0.717, 1.165) is 42.6 Å². The number of phenolic OH excluding ortho intramolecular Hbond substituents is 1. The zero-order valence-corrected chi connectivity index (χ0v) is 26.1. The molecule has 4 atom stereocenters. The summed E-state index contributed by atoms with van der Waals surface area (Å²) < 4.78 is 28.2. The van der Waals surface area contributed by atoms with Crippen molar-refractivity contribution in [3.63, 3.8) is 0 Å². The number of hydrogen-bond acceptors (Lipinski definition) is 9. The van der Waals surface area contributed by atoms with Crippen LogP contribution in [0.25, 0.3) is 0 Å². The van der Waals surface area contributed by atoms with Gasteiger partial charge in [-0.1, -0.05) is 6.42 Å². The van der Waals surface area contributed by atoms with Crippen LogP contribution in [0.15, 0.2) is 24.3 Å². The van der Waals surface area contributed by atoms with Crippen LogP contribution in [0.3, 0.4) is 0 Å². The molecule has 0 radical (unpaired) electrons. The fraction of sp³-hybridized carbons (Fsp3) is 0.576. The van der Waals surface area contributed by atoms with Crippen molar-refractivity contribution in [1.29, 1.82) is 0 Å². The predicted octanol–water partition coefficient (Wildman–Crippen LogP) is 4.45. The number of rotatable bonds is 6. The summed E-state index contributed by atoms with van der Waals surface area (Å²) in [6.45, 7) is 4.23. The van der Waals surface area contributed by atoms with Gasteiger partial charge in [-0.2, -0.15) is 0 Å². The summed E-state index contributed by atoms with van der Waals surface area (Å²) in [5.74, 6) is 0.131. The van der Waals surface area contributed by atoms with Crippen LogP contribution in [0, 0.1) is 11.8 Å². The lowest BCUT2D eigenvalue weighted by molar-refractivity contribution is -0.142. The normalized spacial score (nSPS) is 26.3. The number of ether oxygens (including phenoxy) is 5. The molecule has 0 saturated carbocycles. The summed E-state index contributed by atoms with van der Waals surface area (Å²) in [6.07, 6.45) is 6.17. The molecule has 1 unspecified atom stereocenters. The number of piperidine rings is 2. The Balaban J connectivity index is 0.00000343. The number of phenols is 1. The van der Waals surface area contributed by atoms with Crippen LogP contribution in [0.5, 0.6) is 28.7 Å². The molecule has 4 heterocycles. The van der Waals surface area contributed by atoms with Crippen LogP contribution in [-0.2, 0) is 14.3 Å². The average molecular weight is 629 g/mol. The van der Waals surface area contributed by atoms with E-state index >= 15 is 0 Å². The van der Waals surface area contributed by atoms with Crippen molar-refractivity contribution in [2.24, 2.45) is 11.8 Å². The fourth-order valence-electron chi connectivity index (χ4n) is 8.11. The van der Waals surface area contributed by atoms with Gasteiger partial charge >= 0.3 is 5.97 Å². The molecular formula is C33H41ClN2O8. The van der Waals surface area contributed by atoms with E-state index in [0.29, 0.717) is 24.0 Å². The van der Waals surface area contributed by atoms with E-state index in [9.17, 15) is 14.7 Å². The van der Waals surface area contributed by atoms with Gasteiger partial charge in [-0.05, 0) is 85.6 Å². The molecule has 7 rings (SSSR count). The highest BCUT2D eigenvalue weighted by atomic mass is 35.5. The number of amides is 1. The summed E-state index contributed by atoms with van der Waals surface area (Å²) in [6, 6.07) is 7.98. The minimum Gasteiger partial charge on any atom is -0.502 e. The van der Waals surface area contributed by atoms with Gasteiger partial charge in [-0.25, -0.2) is 0 Å². The van der Waals surface area contributed by atoms with Crippen molar-refractivity contribution >= 4 is 24.3 Å². The Morgan fingerprint density at radius 3 is 2.18 bits per heavy atom. The van der Waals surface area contributed by atoms with Crippen molar-refractivity contribution in [2.45, 2.75) is 56.4 Å². The van der Waals surface area contributed by atoms with Crippen LogP contribution in [-0.4, -0.2) is 86.6 Å². The number of carbonyl (C=O) groups is 2. The number of carbonyl (C=O) groups excluding carboxylic acids is 2. The third-order valence-corrected chi connectivity index (χ3v) is 10.3. The lowest BCUT2D eigenvalue weighted by Gasteiger charge is -2.42. The maximum atomic E-state index is 13.9. The Hall–Kier alpha value is -3.37. The summed E-state index contributed by atoms with van der Waals surface area (Å²) >= 11 is 0. The first-order valence-electron chi connectivity index (χ1n) is 15.5. The van der Waals surface area contributed by atoms with E-state index in [4.69, 9.17) is 23.7 Å². The van der Waals surface area contributed by atoms with Crippen molar-refractivity contribution in [2.75, 3.05) is 53.8 Å². The largest absolute Gasteiger partial charge is 0.502 e. The number of hydrogen-bond donors (Lipinski definition) is 1. The van der Waals surface area contributed by atoms with E-state index in [1.165, 1.54) is 46.6 Å². The monoisotopic (exact) mass is 628 g/mol. The summed E-state index contributed by atoms with van der Waals surface area (Å²) in [7, 11) is 2.96. The van der Waals surface area contributed by atoms with E-state index in [-0.39, 0.29) is 66.8 Å². The molecule has 1 amide bonds. The number of benzene rings is 2. The minimum absolute atomic E-state index is 0. The standard InChI is InChI=1S/C33H40N2O8.ClH/c1-39-27-12-19(13-28(40-2)32(27)37)30-23-15-26-25(42-18-43-26)14-21(23)22(24-17-41-33(38)31(24)30)16-29(36)35-10-6-20(7-11-35)34-8-4-3-5-9-34;/h12-15,20,22,24,30-31,37H,3-11,16-18H2,1-2H3;1H/t22-,24?,30-,31+;/m1./s1. The van der Waals surface area contributed by atoms with Crippen LogP contribution < -0.4 is 18.9 Å². The molecule has 3 saturated heterocycles. The number of cyclic esters (lactones) is 1. The smallest absolute Gasteiger partial charge is 0.310 e. The minimum atomic E-state index is -0.519. The van der Waals surface area contributed by atoms with Gasteiger partial charge in [0.25, 0.3) is 0 Å². The molecule has 238 valence electrons. The molecule has 11 heteroatoms. The van der Waals surface area contributed by atoms with E-state index in [2.05, 4.69) is 4.90 Å². The molecule has 1 N–H and O–H groups in total. The van der Waals surface area contributed by atoms with E-state index in [1.54, 1.807) is 12.1 Å². The second-order valence-electron chi connectivity index (χ2n) is 12.4. The van der Waals surface area contributed by atoms with Crippen molar-refractivity contribution in [3.05, 3.63) is 41.0 Å². The highest BCUT2D eigenvalue weighted by Gasteiger charge is 2.53. The first-order valence-corrected chi connectivity index (χ1v) is 15.5. The molecule has 4 aliphatic heterocycles. The predicted molar refractivity (Wildman–Crippen MR) is 163 cm³/mol. The van der Waals surface area contributed by atoms with Crippen molar-refractivity contribution in [1.82, 2.24) is 9.80 Å². The van der Waals surface area contributed by atoms with Gasteiger partial charge in [0, 0.05) is 37.4 Å². The topological polar surface area (TPSA) is 107 Å². The first kappa shape index (κ1) is 30.6. The molecule has 10 nitrogen and oxygen atoms in total. The second kappa shape index (κ2) is 12.6. The maximum absolute atomic E-state index is 13.9. The highest BCUT2D eigenvalue weighted by Crippen LogP contribution is 2.57. The Morgan fingerprint density at radius 1 is 0.909 bits per heavy atom. The van der Waals surface area contributed by atoms with Gasteiger partial charge in [0.2, 0.25) is 18.4 Å². The molecule has 0 aromatic heterocycles. The Bertz CT molecular complexity index is 1380. The number of likely N-dealkylation sites (tertiary alicyclic amines) is 2. The average Bonchev–Trinajstić information content (AvgIpc) is 3.67. The molecule has 0 bridgehead atoms. The summed E-state index contributed by atoms with van der Waals surface area (Å²) in [5, 5.41) is 10.6. The van der Waals surface area contributed by atoms with Gasteiger partial charge < -0.3 is 38.6 Å². The zero-order valence-electron chi connectivity index (χ0n) is 25.3. The fourth-order valence-corrected chi connectivity index (χ4v) is 8.11. The van der Waals surface area contributed by atoms with Gasteiger partial charge in [0.05, 0.1) is 26.7 Å². The lowest BCUT2D eigenvalue weighted by Crippen LogP contribution is -2.48. The molecule has 3 fully saturated rings. The van der Waals surface area contributed by atoms with Gasteiger partial charge in [0.15, 0.2) is 23.0 Å². The van der Waals surface area contributed by atoms with E-state index in [1.807, 2.05) is 17.0 Å². The highest BCUT2D eigenvalue weighted by molar-refractivity contribution is 5.85. The van der Waals surface area contributed by atoms with Crippen LogP contribution in [0.2, 0.25) is 0 Å². The lowest BCUT2D eigenvalue weighted by atomic mass is 9.62. The van der Waals surface area contributed by atoms with Crippen LogP contribution in [0.1, 0.15) is 67.1 Å². The number of halogens is 1. The maximum Gasteiger partial charge on any atom is 0.310 e. The van der Waals surface area contributed by atoms with Gasteiger partial charge in [0.1, 0.15) is 0 Å². The third kappa shape index (κ3) is 5.30. The number of esters is 1. The number of aromatic hydroxyl groups is 1. The van der Waals surface area contributed by atoms with E-state index < -0.39 is 11.8 Å². The quantitative estimate of drug-likeness (QED) is 0.465. The second-order valence-corrected chi connectivity index (χ2v) is 12.4. The van der Waals surface area contributed by atoms with Crippen LogP contribution >= 0.6 is 12.4 Å².